The van der Waals surface area contributed by atoms with Gasteiger partial charge in [-0.25, -0.2) is 0 Å². The van der Waals surface area contributed by atoms with Crippen LogP contribution in [0, 0.1) is 0 Å². The van der Waals surface area contributed by atoms with Gasteiger partial charge in [0.15, 0.2) is 0 Å². The molecule has 0 spiro atoms. The zero-order valence-corrected chi connectivity index (χ0v) is 4.77. The number of nitrogens with one attached hydrogen (secondary N) is 1. The lowest BCUT2D eigenvalue weighted by Gasteiger charge is -1.92. The van der Waals surface area contributed by atoms with Gasteiger partial charge in [0.05, 0.1) is 12.3 Å². The molecular formula is C2H5NOS2. The topological polar surface area (TPSA) is 35.1 Å². The minimum atomic E-state index is -0.756. The van der Waals surface area contributed by atoms with E-state index < -0.39 is 10.4 Å². The zero-order chi connectivity index (χ0) is 4.41. The van der Waals surface area contributed by atoms with Crippen LogP contribution in [0.2, 0.25) is 0 Å². The summed E-state index contributed by atoms with van der Waals surface area (Å²) in [6.45, 7) is 0.900. The Hall–Kier alpha value is 0.620. The molecule has 0 aliphatic carbocycles. The molecule has 1 saturated heterocycles. The Morgan fingerprint density at radius 2 is 2.67 bits per heavy atom. The van der Waals surface area contributed by atoms with Crippen LogP contribution >= 0.6 is 10.8 Å². The van der Waals surface area contributed by atoms with Crippen molar-refractivity contribution in [1.82, 2.24) is 4.72 Å². The average molecular weight is 123 g/mol. The third-order valence-electron chi connectivity index (χ3n) is 0.512. The van der Waals surface area contributed by atoms with Crippen LogP contribution in [0.3, 0.4) is 0 Å². The maximum Gasteiger partial charge on any atom is 0.114 e. The van der Waals surface area contributed by atoms with Gasteiger partial charge in [0.2, 0.25) is 0 Å². The zero-order valence-electron chi connectivity index (χ0n) is 3.14. The predicted octanol–water partition coefficient (Wildman–Crippen LogP) is -0.0985. The van der Waals surface area contributed by atoms with E-state index in [4.69, 9.17) is 0 Å². The van der Waals surface area contributed by atoms with Crippen molar-refractivity contribution in [3.63, 3.8) is 0 Å². The van der Waals surface area contributed by atoms with Gasteiger partial charge < -0.3 is 4.55 Å². The van der Waals surface area contributed by atoms with Gasteiger partial charge >= 0.3 is 0 Å². The summed E-state index contributed by atoms with van der Waals surface area (Å²) in [5.41, 5.74) is 0. The fourth-order valence-corrected chi connectivity index (χ4v) is 2.31. The fourth-order valence-electron chi connectivity index (χ4n) is 0.284. The molecule has 4 heteroatoms. The van der Waals surface area contributed by atoms with Crippen molar-refractivity contribution in [3.05, 3.63) is 0 Å². The van der Waals surface area contributed by atoms with Crippen molar-refractivity contribution in [2.24, 2.45) is 0 Å². The van der Waals surface area contributed by atoms with Crippen LogP contribution in [0.1, 0.15) is 0 Å². The van der Waals surface area contributed by atoms with Gasteiger partial charge in [0.25, 0.3) is 0 Å². The highest BCUT2D eigenvalue weighted by Crippen LogP contribution is 2.13. The summed E-state index contributed by atoms with van der Waals surface area (Å²) >= 11 is 0. The predicted molar refractivity (Wildman–Crippen MR) is 28.6 cm³/mol. The maximum atomic E-state index is 10.2. The van der Waals surface area contributed by atoms with E-state index in [0.717, 1.165) is 12.3 Å². The minimum Gasteiger partial charge on any atom is -0.586 e. The summed E-state index contributed by atoms with van der Waals surface area (Å²) in [5.74, 6) is 0.993. The monoisotopic (exact) mass is 123 g/mol. The van der Waals surface area contributed by atoms with Gasteiger partial charge in [0, 0.05) is 0 Å². The first-order valence-electron chi connectivity index (χ1n) is 1.68. The maximum absolute atomic E-state index is 10.2. The molecule has 1 fully saturated rings. The molecule has 0 aromatic rings. The van der Waals surface area contributed by atoms with E-state index >= 15 is 0 Å². The Kier molecular flexibility index (Phi) is 1.64. The van der Waals surface area contributed by atoms with Crippen LogP contribution in [-0.4, -0.2) is 16.9 Å². The summed E-state index contributed by atoms with van der Waals surface area (Å²) in [6, 6.07) is 0. The molecular weight excluding hydrogens is 118 g/mol. The van der Waals surface area contributed by atoms with E-state index in [9.17, 15) is 4.55 Å². The highest BCUT2D eigenvalue weighted by Gasteiger charge is 2.14. The first kappa shape index (κ1) is 4.77. The number of hydrogen-bond acceptors (Lipinski definition) is 3. The van der Waals surface area contributed by atoms with Crippen molar-refractivity contribution in [2.45, 2.75) is 0 Å². The molecule has 0 saturated carbocycles. The van der Waals surface area contributed by atoms with Crippen molar-refractivity contribution in [1.29, 1.82) is 0 Å². The molecule has 1 N–H and O–H groups in total. The SMILES string of the molecule is [O-][S+]1NCCS1. The summed E-state index contributed by atoms with van der Waals surface area (Å²) in [4.78, 5) is 0. The molecule has 2 nitrogen and oxygen atoms in total. The molecule has 0 aromatic heterocycles. The van der Waals surface area contributed by atoms with Gasteiger partial charge in [-0.2, -0.15) is 0 Å². The number of hydrogen-bond donors (Lipinski definition) is 1. The molecule has 1 rings (SSSR count). The minimum absolute atomic E-state index is 0.756. The lowest BCUT2D eigenvalue weighted by Crippen LogP contribution is -2.12. The van der Waals surface area contributed by atoms with E-state index in [-0.39, 0.29) is 0 Å². The molecule has 1 aliphatic heterocycles. The van der Waals surface area contributed by atoms with Crippen molar-refractivity contribution < 1.29 is 4.55 Å². The van der Waals surface area contributed by atoms with Crippen molar-refractivity contribution >= 4 is 21.2 Å². The molecule has 36 valence electrons. The second kappa shape index (κ2) is 2.07. The summed E-state index contributed by atoms with van der Waals surface area (Å²) in [6.07, 6.45) is 0. The van der Waals surface area contributed by atoms with E-state index in [0.29, 0.717) is 0 Å². The first-order valence-corrected chi connectivity index (χ1v) is 4.33. The van der Waals surface area contributed by atoms with Crippen molar-refractivity contribution in [3.8, 4) is 0 Å². The summed E-state index contributed by atoms with van der Waals surface area (Å²) in [5, 5.41) is 0. The first-order chi connectivity index (χ1) is 2.89. The van der Waals surface area contributed by atoms with Gasteiger partial charge in [-0.3, -0.25) is 0 Å². The Balaban J connectivity index is 2.18. The lowest BCUT2D eigenvalue weighted by atomic mass is 10.8. The molecule has 1 aliphatic rings. The highest BCUT2D eigenvalue weighted by molar-refractivity contribution is 8.71. The molecule has 0 radical (unpaired) electrons. The number of rotatable bonds is 0. The summed E-state index contributed by atoms with van der Waals surface area (Å²) < 4.78 is 13.0. The van der Waals surface area contributed by atoms with Crippen LogP contribution in [0.4, 0.5) is 0 Å². The largest absolute Gasteiger partial charge is 0.586 e. The van der Waals surface area contributed by atoms with Gasteiger partial charge in [0.1, 0.15) is 21.2 Å². The fraction of sp³-hybridized carbons (Fsp3) is 1.00. The Labute approximate surface area is 43.4 Å². The standard InChI is InChI=1S/C2H5NOS2/c4-6-3-1-2-5-6/h3H,1-2H2. The molecule has 0 bridgehead atoms. The molecule has 0 aromatic carbocycles. The second-order valence-corrected chi connectivity index (χ2v) is 3.97. The lowest BCUT2D eigenvalue weighted by molar-refractivity contribution is 0.601. The van der Waals surface area contributed by atoms with Crippen LogP contribution < -0.4 is 4.72 Å². The van der Waals surface area contributed by atoms with Crippen molar-refractivity contribution in [2.75, 3.05) is 12.3 Å². The second-order valence-electron chi connectivity index (χ2n) is 0.951. The molecule has 1 unspecified atom stereocenters. The third kappa shape index (κ3) is 1.04. The van der Waals surface area contributed by atoms with Crippen LogP contribution in [0.5, 0.6) is 0 Å². The Morgan fingerprint density at radius 3 is 2.83 bits per heavy atom. The molecule has 6 heavy (non-hydrogen) atoms. The highest BCUT2D eigenvalue weighted by atomic mass is 33.1. The van der Waals surface area contributed by atoms with E-state index in [1.165, 1.54) is 10.8 Å². The van der Waals surface area contributed by atoms with Crippen LogP contribution in [0.25, 0.3) is 0 Å². The average Bonchev–Trinajstić information content (AvgIpc) is 1.86. The Bertz CT molecular complexity index is 44.8. The quantitative estimate of drug-likeness (QED) is 0.361. The van der Waals surface area contributed by atoms with Crippen LogP contribution in [-0.2, 0) is 10.4 Å². The van der Waals surface area contributed by atoms with E-state index in [1.807, 2.05) is 0 Å². The normalized spacial score (nSPS) is 34.5. The smallest absolute Gasteiger partial charge is 0.114 e. The third-order valence-corrected chi connectivity index (χ3v) is 3.03. The molecule has 0 amide bonds. The summed E-state index contributed by atoms with van der Waals surface area (Å²) in [7, 11) is 0.702. The molecule has 1 atom stereocenters. The van der Waals surface area contributed by atoms with E-state index in [2.05, 4.69) is 4.72 Å². The van der Waals surface area contributed by atoms with Crippen LogP contribution in [0.15, 0.2) is 0 Å². The van der Waals surface area contributed by atoms with E-state index in [1.54, 1.807) is 0 Å². The Morgan fingerprint density at radius 1 is 1.83 bits per heavy atom. The van der Waals surface area contributed by atoms with Gasteiger partial charge in [-0.1, -0.05) is 0 Å². The molecule has 1 heterocycles. The van der Waals surface area contributed by atoms with Gasteiger partial charge in [-0.15, -0.1) is 4.72 Å². The van der Waals surface area contributed by atoms with Gasteiger partial charge in [-0.05, 0) is 0 Å².